The maximum Gasteiger partial charge on any atom is 0.239 e. The van der Waals surface area contributed by atoms with E-state index in [0.29, 0.717) is 46.8 Å². The summed E-state index contributed by atoms with van der Waals surface area (Å²) in [4.78, 5) is 8.39. The molecule has 0 saturated carbocycles. The summed E-state index contributed by atoms with van der Waals surface area (Å²) in [6.45, 7) is 0.924. The van der Waals surface area contributed by atoms with E-state index in [0.717, 1.165) is 0 Å². The molecule has 5 rings (SSSR count). The maximum absolute atomic E-state index is 6.62. The molecule has 3 atom stereocenters. The summed E-state index contributed by atoms with van der Waals surface area (Å²) in [5.41, 5.74) is 12.1. The van der Waals surface area contributed by atoms with Crippen molar-refractivity contribution in [3.05, 3.63) is 82.3 Å². The predicted octanol–water partition coefficient (Wildman–Crippen LogP) is 2.88. The zero-order valence-corrected chi connectivity index (χ0v) is 20.5. The number of ether oxygens (including phenoxy) is 3. The van der Waals surface area contributed by atoms with E-state index in [1.807, 2.05) is 35.1 Å². The number of allylic oxidation sites excluding steroid dienone is 2. The first-order valence-corrected chi connectivity index (χ1v) is 11.7. The second-order valence-corrected chi connectivity index (χ2v) is 9.44. The molecule has 3 heterocycles. The third-order valence-electron chi connectivity index (χ3n) is 5.94. The first kappa shape index (κ1) is 23.8. The number of benzene rings is 1. The van der Waals surface area contributed by atoms with Gasteiger partial charge in [-0.3, -0.25) is 0 Å². The Balaban J connectivity index is 1.30. The minimum atomic E-state index is -1.12. The number of anilines is 1. The molecule has 0 spiro atoms. The molecule has 35 heavy (non-hydrogen) atoms. The average Bonchev–Trinajstić information content (AvgIpc) is 3.54. The Hall–Kier alpha value is -2.89. The van der Waals surface area contributed by atoms with Crippen molar-refractivity contribution in [2.45, 2.75) is 30.4 Å². The molecule has 0 radical (unpaired) electrons. The minimum absolute atomic E-state index is 0.171. The summed E-state index contributed by atoms with van der Waals surface area (Å²) in [6.07, 6.45) is 10.8. The number of aryl methyl sites for hydroxylation is 1. The zero-order valence-electron chi connectivity index (χ0n) is 19.0. The van der Waals surface area contributed by atoms with Gasteiger partial charge in [0.2, 0.25) is 11.7 Å². The van der Waals surface area contributed by atoms with Gasteiger partial charge in [0.1, 0.15) is 18.2 Å². The Labute approximate surface area is 212 Å². The Kier molecular flexibility index (Phi) is 6.32. The third-order valence-corrected chi connectivity index (χ3v) is 6.49. The van der Waals surface area contributed by atoms with Crippen LogP contribution in [0.4, 0.5) is 5.95 Å². The van der Waals surface area contributed by atoms with Crippen LogP contribution in [0.2, 0.25) is 10.0 Å². The fraction of sp³-hybridized carbons (Fsp3) is 0.348. The number of hydrogen-bond acceptors (Lipinski definition) is 8. The lowest BCUT2D eigenvalue weighted by Crippen LogP contribution is -2.39. The summed E-state index contributed by atoms with van der Waals surface area (Å²) in [5, 5.41) is 5.08. The number of nitrogen functional groups attached to an aromatic ring is 1. The van der Waals surface area contributed by atoms with E-state index < -0.39 is 11.3 Å². The van der Waals surface area contributed by atoms with Crippen LogP contribution < -0.4 is 11.5 Å². The van der Waals surface area contributed by atoms with Crippen molar-refractivity contribution in [2.75, 3.05) is 18.9 Å². The Morgan fingerprint density at radius 2 is 2.17 bits per heavy atom. The van der Waals surface area contributed by atoms with Gasteiger partial charge < -0.3 is 30.2 Å². The minimum Gasteiger partial charge on any atom is -0.495 e. The summed E-state index contributed by atoms with van der Waals surface area (Å²) < 4.78 is 22.2. The number of hydrogen-bond donors (Lipinski definition) is 2. The van der Waals surface area contributed by atoms with Crippen LogP contribution in [0.25, 0.3) is 0 Å². The van der Waals surface area contributed by atoms with Gasteiger partial charge in [-0.15, -0.1) is 5.10 Å². The van der Waals surface area contributed by atoms with Gasteiger partial charge in [-0.25, -0.2) is 9.67 Å². The highest BCUT2D eigenvalue weighted by Gasteiger charge is 2.45. The monoisotopic (exact) mass is 517 g/mol. The maximum atomic E-state index is 6.62. The standard InChI is InChI=1S/C23H25Cl2N7O3/c1-31-20(29-21(26)30-31)22(27)6-2-3-16(10-22)33-11-17-12-34-23(35-17,13-32-8-7-28-14-32)18-5-4-15(24)9-19(18)25/h2-9,14,17H,10-13,27H2,1H3,(H2,26,30). The molecule has 12 heteroatoms. The first-order chi connectivity index (χ1) is 16.8. The van der Waals surface area contributed by atoms with Crippen molar-refractivity contribution in [1.29, 1.82) is 0 Å². The van der Waals surface area contributed by atoms with Crippen molar-refractivity contribution < 1.29 is 14.2 Å². The second kappa shape index (κ2) is 9.29. The second-order valence-electron chi connectivity index (χ2n) is 8.60. The van der Waals surface area contributed by atoms with Gasteiger partial charge in [-0.05, 0) is 18.2 Å². The van der Waals surface area contributed by atoms with Crippen molar-refractivity contribution in [3.8, 4) is 0 Å². The van der Waals surface area contributed by atoms with Crippen molar-refractivity contribution >= 4 is 29.2 Å². The highest BCUT2D eigenvalue weighted by atomic mass is 35.5. The fourth-order valence-corrected chi connectivity index (χ4v) is 4.92. The van der Waals surface area contributed by atoms with E-state index in [-0.39, 0.29) is 18.7 Å². The van der Waals surface area contributed by atoms with Crippen molar-refractivity contribution in [1.82, 2.24) is 24.3 Å². The van der Waals surface area contributed by atoms with Crippen LogP contribution in [0.1, 0.15) is 17.8 Å². The number of rotatable bonds is 7. The number of aromatic nitrogens is 5. The number of halogens is 2. The van der Waals surface area contributed by atoms with Crippen LogP contribution in [-0.2, 0) is 39.1 Å². The summed E-state index contributed by atoms with van der Waals surface area (Å²) in [7, 11) is 1.76. The van der Waals surface area contributed by atoms with Gasteiger partial charge >= 0.3 is 0 Å². The number of nitrogens with zero attached hydrogens (tertiary/aromatic N) is 5. The zero-order chi connectivity index (χ0) is 24.6. The van der Waals surface area contributed by atoms with E-state index in [4.69, 9.17) is 48.9 Å². The van der Waals surface area contributed by atoms with Crippen LogP contribution >= 0.6 is 23.2 Å². The first-order valence-electron chi connectivity index (χ1n) is 11.0. The van der Waals surface area contributed by atoms with E-state index in [9.17, 15) is 0 Å². The molecule has 1 aromatic carbocycles. The van der Waals surface area contributed by atoms with Crippen LogP contribution in [-0.4, -0.2) is 43.6 Å². The normalized spacial score (nSPS) is 26.2. The summed E-state index contributed by atoms with van der Waals surface area (Å²) in [5.74, 6) is 0.296. The Morgan fingerprint density at radius 3 is 2.89 bits per heavy atom. The molecule has 3 aromatic rings. The van der Waals surface area contributed by atoms with E-state index in [1.54, 1.807) is 36.4 Å². The van der Waals surface area contributed by atoms with Gasteiger partial charge in [0.25, 0.3) is 0 Å². The average molecular weight is 518 g/mol. The molecule has 184 valence electrons. The van der Waals surface area contributed by atoms with E-state index in [1.165, 1.54) is 0 Å². The highest BCUT2D eigenvalue weighted by molar-refractivity contribution is 6.35. The lowest BCUT2D eigenvalue weighted by molar-refractivity contribution is -0.190. The molecule has 0 bridgehead atoms. The quantitative estimate of drug-likeness (QED) is 0.489. The number of nitrogens with two attached hydrogens (primary N) is 2. The Morgan fingerprint density at radius 1 is 1.31 bits per heavy atom. The molecule has 4 N–H and O–H groups in total. The topological polar surface area (TPSA) is 128 Å². The lowest BCUT2D eigenvalue weighted by atomic mass is 9.90. The SMILES string of the molecule is Cn1nc(N)nc1C1(N)C=CC=C(OCC2COC(Cn3ccnc3)(c3ccc(Cl)cc3Cl)O2)C1. The molecule has 1 saturated heterocycles. The van der Waals surface area contributed by atoms with E-state index in [2.05, 4.69) is 15.1 Å². The van der Waals surface area contributed by atoms with Crippen LogP contribution in [0, 0.1) is 0 Å². The van der Waals surface area contributed by atoms with Gasteiger partial charge in [-0.1, -0.05) is 41.4 Å². The largest absolute Gasteiger partial charge is 0.495 e. The fourth-order valence-electron chi connectivity index (χ4n) is 4.37. The molecule has 3 unspecified atom stereocenters. The van der Waals surface area contributed by atoms with Crippen LogP contribution in [0.3, 0.4) is 0 Å². The summed E-state index contributed by atoms with van der Waals surface area (Å²) in [6, 6.07) is 5.24. The summed E-state index contributed by atoms with van der Waals surface area (Å²) >= 11 is 12.7. The van der Waals surface area contributed by atoms with Gasteiger partial charge in [0, 0.05) is 36.4 Å². The van der Waals surface area contributed by atoms with Crippen molar-refractivity contribution in [3.63, 3.8) is 0 Å². The van der Waals surface area contributed by atoms with Gasteiger partial charge in [0.05, 0.1) is 30.3 Å². The molecular weight excluding hydrogens is 493 g/mol. The molecule has 1 aliphatic carbocycles. The molecule has 0 amide bonds. The highest BCUT2D eigenvalue weighted by Crippen LogP contribution is 2.41. The molecule has 10 nitrogen and oxygen atoms in total. The predicted molar refractivity (Wildman–Crippen MR) is 130 cm³/mol. The molecule has 2 aliphatic rings. The molecule has 1 aliphatic heterocycles. The van der Waals surface area contributed by atoms with Gasteiger partial charge in [-0.2, -0.15) is 4.98 Å². The Bertz CT molecular complexity index is 1280. The third kappa shape index (κ3) is 4.80. The van der Waals surface area contributed by atoms with Crippen LogP contribution in [0.15, 0.2) is 60.9 Å². The van der Waals surface area contributed by atoms with Crippen molar-refractivity contribution in [2.24, 2.45) is 12.8 Å². The lowest BCUT2D eigenvalue weighted by Gasteiger charge is -2.30. The molecule has 1 fully saturated rings. The number of imidazole rings is 1. The molecular formula is C23H25Cl2N7O3. The van der Waals surface area contributed by atoms with Crippen LogP contribution in [0.5, 0.6) is 0 Å². The van der Waals surface area contributed by atoms with E-state index >= 15 is 0 Å². The smallest absolute Gasteiger partial charge is 0.239 e. The molecule has 2 aromatic heterocycles. The van der Waals surface area contributed by atoms with Gasteiger partial charge in [0.15, 0.2) is 5.82 Å².